The van der Waals surface area contributed by atoms with E-state index in [9.17, 15) is 13.2 Å². The fourth-order valence-electron chi connectivity index (χ4n) is 3.49. The minimum absolute atomic E-state index is 0.0267. The molecule has 0 aromatic heterocycles. The molecule has 0 radical (unpaired) electrons. The Hall–Kier alpha value is -3.94. The van der Waals surface area contributed by atoms with Crippen LogP contribution in [0.2, 0.25) is 0 Å². The van der Waals surface area contributed by atoms with Gasteiger partial charge in [-0.05, 0) is 48.0 Å². The van der Waals surface area contributed by atoms with Gasteiger partial charge in [-0.15, -0.1) is 0 Å². The normalized spacial score (nSPS) is 17.7. The van der Waals surface area contributed by atoms with Crippen molar-refractivity contribution >= 4 is 11.4 Å². The number of nitrogens with two attached hydrogens (primary N) is 1. The molecule has 2 heterocycles. The van der Waals surface area contributed by atoms with E-state index in [2.05, 4.69) is 10.1 Å². The van der Waals surface area contributed by atoms with Crippen LogP contribution in [0.15, 0.2) is 90.4 Å². The number of ether oxygens (including phenoxy) is 1. The minimum Gasteiger partial charge on any atom is -0.435 e. The van der Waals surface area contributed by atoms with E-state index < -0.39 is 12.4 Å². The molecule has 1 unspecified atom stereocenters. The van der Waals surface area contributed by atoms with E-state index in [0.29, 0.717) is 11.1 Å². The Labute approximate surface area is 177 Å². The number of rotatable bonds is 6. The number of allylic oxidation sites excluding steroid dienone is 3. The third-order valence-corrected chi connectivity index (χ3v) is 4.97. The molecule has 2 aliphatic heterocycles. The summed E-state index contributed by atoms with van der Waals surface area (Å²) in [7, 11) is 0. The van der Waals surface area contributed by atoms with Crippen LogP contribution < -0.4 is 15.8 Å². The van der Waals surface area contributed by atoms with Crippen LogP contribution in [0, 0.1) is 11.2 Å². The van der Waals surface area contributed by atoms with E-state index in [1.807, 2.05) is 29.5 Å². The number of alkyl halides is 2. The quantitative estimate of drug-likeness (QED) is 0.604. The maximum Gasteiger partial charge on any atom is 0.387 e. The Kier molecular flexibility index (Phi) is 5.53. The summed E-state index contributed by atoms with van der Waals surface area (Å²) in [6.07, 6.45) is 8.47. The fraction of sp³-hybridized carbons (Fsp3) is 0.0870. The van der Waals surface area contributed by atoms with E-state index in [-0.39, 0.29) is 23.2 Å². The molecule has 0 saturated heterocycles. The van der Waals surface area contributed by atoms with Gasteiger partial charge in [0.2, 0.25) is 0 Å². The Balaban J connectivity index is 1.61. The van der Waals surface area contributed by atoms with Gasteiger partial charge in [0.05, 0.1) is 11.4 Å². The fourth-order valence-corrected chi connectivity index (χ4v) is 3.49. The van der Waals surface area contributed by atoms with Crippen molar-refractivity contribution in [2.24, 2.45) is 5.73 Å². The molecule has 0 spiro atoms. The van der Waals surface area contributed by atoms with Crippen molar-refractivity contribution in [1.82, 2.24) is 10.2 Å². The summed E-state index contributed by atoms with van der Waals surface area (Å²) in [5.41, 5.74) is 8.53. The molecule has 5 nitrogen and oxygen atoms in total. The molecular weight excluding hydrogens is 405 g/mol. The van der Waals surface area contributed by atoms with Crippen molar-refractivity contribution in [3.05, 3.63) is 107 Å². The highest BCUT2D eigenvalue weighted by Gasteiger charge is 2.27. The number of nitrogens with one attached hydrogen (secondary N) is 2. The third-order valence-electron chi connectivity index (χ3n) is 4.97. The van der Waals surface area contributed by atoms with Crippen LogP contribution in [-0.2, 0) is 0 Å². The lowest BCUT2D eigenvalue weighted by Crippen LogP contribution is -2.33. The van der Waals surface area contributed by atoms with Crippen LogP contribution in [0.4, 0.5) is 13.2 Å². The number of halogens is 3. The average molecular weight is 424 g/mol. The van der Waals surface area contributed by atoms with Crippen LogP contribution in [0.25, 0.3) is 5.70 Å². The molecule has 4 N–H and O–H groups in total. The van der Waals surface area contributed by atoms with E-state index in [1.165, 1.54) is 30.5 Å². The average Bonchev–Trinajstić information content (AvgIpc) is 3.18. The molecular formula is C23H19F3N4O. The lowest BCUT2D eigenvalue weighted by atomic mass is 9.95. The van der Waals surface area contributed by atoms with Crippen molar-refractivity contribution < 1.29 is 17.9 Å². The van der Waals surface area contributed by atoms with Gasteiger partial charge in [0, 0.05) is 35.3 Å². The van der Waals surface area contributed by atoms with Gasteiger partial charge >= 0.3 is 6.61 Å². The zero-order valence-corrected chi connectivity index (χ0v) is 16.2. The lowest BCUT2D eigenvalue weighted by Gasteiger charge is -2.28. The molecule has 0 fully saturated rings. The van der Waals surface area contributed by atoms with Gasteiger partial charge in [0.25, 0.3) is 0 Å². The van der Waals surface area contributed by atoms with Crippen LogP contribution >= 0.6 is 0 Å². The summed E-state index contributed by atoms with van der Waals surface area (Å²) in [6, 6.07) is 12.4. The number of fused-ring (bicyclic) bond motifs is 1. The summed E-state index contributed by atoms with van der Waals surface area (Å²) in [6.45, 7) is -2.88. The topological polar surface area (TPSA) is 74.4 Å². The smallest absolute Gasteiger partial charge is 0.387 e. The maximum absolute atomic E-state index is 14.2. The maximum atomic E-state index is 14.2. The second-order valence-electron chi connectivity index (χ2n) is 6.83. The van der Waals surface area contributed by atoms with Crippen molar-refractivity contribution in [2.45, 2.75) is 12.8 Å². The van der Waals surface area contributed by atoms with Crippen molar-refractivity contribution in [2.75, 3.05) is 0 Å². The Morgan fingerprint density at radius 2 is 1.90 bits per heavy atom. The predicted molar refractivity (Wildman–Crippen MR) is 113 cm³/mol. The molecule has 2 aromatic rings. The minimum atomic E-state index is -2.88. The summed E-state index contributed by atoms with van der Waals surface area (Å²) >= 11 is 0. The molecule has 0 aliphatic carbocycles. The second kappa shape index (κ2) is 8.43. The standard InChI is InChI=1S/C23H19F3N4O/c24-19-4-2-1-3-17(19)22(28)18(11-27)15-7-10-21-29-12-20(30(21)13-15)14-5-8-16(9-6-14)31-23(25)26/h1-13,21,23,28-29H,27H2/b18-11-,28-22?. The summed E-state index contributed by atoms with van der Waals surface area (Å²) < 4.78 is 43.3. The molecule has 8 heteroatoms. The highest BCUT2D eigenvalue weighted by Crippen LogP contribution is 2.32. The zero-order valence-electron chi connectivity index (χ0n) is 16.2. The second-order valence-corrected chi connectivity index (χ2v) is 6.83. The molecule has 0 amide bonds. The molecule has 2 aromatic carbocycles. The first-order valence-electron chi connectivity index (χ1n) is 9.44. The molecule has 158 valence electrons. The molecule has 1 atom stereocenters. The molecule has 2 aliphatic rings. The van der Waals surface area contributed by atoms with E-state index in [1.54, 1.807) is 24.3 Å². The third kappa shape index (κ3) is 4.05. The highest BCUT2D eigenvalue weighted by atomic mass is 19.3. The number of hydrogen-bond donors (Lipinski definition) is 3. The Morgan fingerprint density at radius 1 is 1.16 bits per heavy atom. The van der Waals surface area contributed by atoms with Crippen LogP contribution in [0.3, 0.4) is 0 Å². The Bertz CT molecular complexity index is 1120. The number of benzene rings is 2. The molecule has 0 saturated carbocycles. The van der Waals surface area contributed by atoms with E-state index in [4.69, 9.17) is 11.1 Å². The zero-order chi connectivity index (χ0) is 22.0. The van der Waals surface area contributed by atoms with Crippen molar-refractivity contribution in [3.63, 3.8) is 0 Å². The molecule has 31 heavy (non-hydrogen) atoms. The van der Waals surface area contributed by atoms with E-state index >= 15 is 0 Å². The summed E-state index contributed by atoms with van der Waals surface area (Å²) in [5.74, 6) is -0.428. The first-order valence-corrected chi connectivity index (χ1v) is 9.44. The van der Waals surface area contributed by atoms with Gasteiger partial charge in [0.15, 0.2) is 0 Å². The monoisotopic (exact) mass is 424 g/mol. The van der Waals surface area contributed by atoms with Gasteiger partial charge in [-0.1, -0.05) is 18.2 Å². The lowest BCUT2D eigenvalue weighted by molar-refractivity contribution is -0.0498. The SMILES string of the molecule is N=C(/C(=C\N)C1=CN2C(c3ccc(OC(F)F)cc3)=CNC2C=C1)c1ccccc1F. The van der Waals surface area contributed by atoms with Crippen LogP contribution in [0.1, 0.15) is 11.1 Å². The summed E-state index contributed by atoms with van der Waals surface area (Å²) in [4.78, 5) is 1.93. The molecule has 4 rings (SSSR count). The number of nitrogens with zero attached hydrogens (tertiary/aromatic N) is 1. The first kappa shape index (κ1) is 20.3. The highest BCUT2D eigenvalue weighted by molar-refractivity contribution is 6.13. The van der Waals surface area contributed by atoms with Gasteiger partial charge in [-0.25, -0.2) is 4.39 Å². The Morgan fingerprint density at radius 3 is 2.58 bits per heavy atom. The predicted octanol–water partition coefficient (Wildman–Crippen LogP) is 4.32. The largest absolute Gasteiger partial charge is 0.435 e. The summed E-state index contributed by atoms with van der Waals surface area (Å²) in [5, 5.41) is 11.7. The number of hydrogen-bond acceptors (Lipinski definition) is 5. The van der Waals surface area contributed by atoms with Gasteiger partial charge in [-0.2, -0.15) is 8.78 Å². The van der Waals surface area contributed by atoms with Crippen molar-refractivity contribution in [3.8, 4) is 5.75 Å². The van der Waals surface area contributed by atoms with Crippen LogP contribution in [-0.4, -0.2) is 23.4 Å². The van der Waals surface area contributed by atoms with Gasteiger partial charge in [0.1, 0.15) is 17.7 Å². The molecule has 0 bridgehead atoms. The van der Waals surface area contributed by atoms with Gasteiger partial charge in [-0.3, -0.25) is 5.41 Å². The first-order chi connectivity index (χ1) is 15.0. The van der Waals surface area contributed by atoms with E-state index in [0.717, 1.165) is 11.3 Å². The van der Waals surface area contributed by atoms with Gasteiger partial charge < -0.3 is 20.7 Å². The van der Waals surface area contributed by atoms with Crippen molar-refractivity contribution in [1.29, 1.82) is 5.41 Å². The van der Waals surface area contributed by atoms with Crippen LogP contribution in [0.5, 0.6) is 5.75 Å².